The Morgan fingerprint density at radius 2 is 2.40 bits per heavy atom. The van der Waals surface area contributed by atoms with Crippen molar-refractivity contribution in [2.75, 3.05) is 5.32 Å². The van der Waals surface area contributed by atoms with Gasteiger partial charge in [0.05, 0.1) is 6.54 Å². The maximum Gasteiger partial charge on any atom is 0.131 e. The summed E-state index contributed by atoms with van der Waals surface area (Å²) < 4.78 is 0. The molecule has 0 aliphatic rings. The third-order valence-electron chi connectivity index (χ3n) is 1.84. The van der Waals surface area contributed by atoms with E-state index in [4.69, 9.17) is 11.6 Å². The first-order chi connectivity index (χ1) is 7.24. The van der Waals surface area contributed by atoms with Crippen LogP contribution in [0.2, 0.25) is 5.15 Å². The second-order valence-corrected chi connectivity index (χ2v) is 4.43. The van der Waals surface area contributed by atoms with Crippen molar-refractivity contribution in [2.45, 2.75) is 13.5 Å². The van der Waals surface area contributed by atoms with E-state index in [1.165, 1.54) is 0 Å². The predicted molar refractivity (Wildman–Crippen MR) is 63.4 cm³/mol. The predicted octanol–water partition coefficient (Wildman–Crippen LogP) is 3.11. The van der Waals surface area contributed by atoms with Crippen LogP contribution in [0.1, 0.15) is 10.7 Å². The average Bonchev–Trinajstić information content (AvgIpc) is 2.62. The van der Waals surface area contributed by atoms with E-state index in [0.717, 1.165) is 22.9 Å². The van der Waals surface area contributed by atoms with E-state index < -0.39 is 0 Å². The van der Waals surface area contributed by atoms with Crippen LogP contribution in [0.25, 0.3) is 0 Å². The van der Waals surface area contributed by atoms with Gasteiger partial charge in [-0.2, -0.15) is 0 Å². The number of rotatable bonds is 3. The Kier molecular flexibility index (Phi) is 3.18. The van der Waals surface area contributed by atoms with E-state index in [9.17, 15) is 0 Å². The Bertz CT molecular complexity index is 455. The summed E-state index contributed by atoms with van der Waals surface area (Å²) >= 11 is 7.42. The van der Waals surface area contributed by atoms with Crippen LogP contribution in [0.4, 0.5) is 5.69 Å². The molecule has 0 aliphatic carbocycles. The van der Waals surface area contributed by atoms with Crippen LogP contribution in [0.3, 0.4) is 0 Å². The zero-order valence-corrected chi connectivity index (χ0v) is 9.77. The Labute approximate surface area is 97.2 Å². The van der Waals surface area contributed by atoms with Crippen molar-refractivity contribution < 1.29 is 0 Å². The molecule has 0 spiro atoms. The van der Waals surface area contributed by atoms with Crippen LogP contribution in [0, 0.1) is 6.92 Å². The summed E-state index contributed by atoms with van der Waals surface area (Å²) in [6.45, 7) is 2.71. The number of aryl methyl sites for hydroxylation is 1. The summed E-state index contributed by atoms with van der Waals surface area (Å²) in [5.41, 5.74) is 2.02. The molecule has 2 aromatic heterocycles. The number of halogens is 1. The monoisotopic (exact) mass is 239 g/mol. The first-order valence-corrected chi connectivity index (χ1v) is 5.76. The number of nitrogens with zero attached hydrogens (tertiary/aromatic N) is 2. The molecule has 2 rings (SSSR count). The number of anilines is 1. The zero-order chi connectivity index (χ0) is 10.7. The second kappa shape index (κ2) is 4.59. The molecule has 0 saturated heterocycles. The SMILES string of the molecule is Cc1csc(CNc2ccnc(Cl)c2)n1. The lowest BCUT2D eigenvalue weighted by Gasteiger charge is -2.03. The van der Waals surface area contributed by atoms with Gasteiger partial charge in [0.2, 0.25) is 0 Å². The molecule has 0 aromatic carbocycles. The van der Waals surface area contributed by atoms with Gasteiger partial charge in [-0.05, 0) is 19.1 Å². The lowest BCUT2D eigenvalue weighted by molar-refractivity contribution is 1.07. The van der Waals surface area contributed by atoms with Crippen molar-refractivity contribution in [3.63, 3.8) is 0 Å². The van der Waals surface area contributed by atoms with Gasteiger partial charge < -0.3 is 5.32 Å². The summed E-state index contributed by atoms with van der Waals surface area (Å²) in [6, 6.07) is 3.67. The van der Waals surface area contributed by atoms with Crippen LogP contribution in [-0.2, 0) is 6.54 Å². The van der Waals surface area contributed by atoms with Gasteiger partial charge in [0, 0.05) is 23.0 Å². The fourth-order valence-electron chi connectivity index (χ4n) is 1.17. The molecule has 5 heteroatoms. The van der Waals surface area contributed by atoms with Crippen LogP contribution in [-0.4, -0.2) is 9.97 Å². The van der Waals surface area contributed by atoms with E-state index in [0.29, 0.717) is 5.15 Å². The fourth-order valence-corrected chi connectivity index (χ4v) is 2.06. The van der Waals surface area contributed by atoms with Gasteiger partial charge in [-0.1, -0.05) is 11.6 Å². The van der Waals surface area contributed by atoms with Gasteiger partial charge in [0.1, 0.15) is 10.2 Å². The number of nitrogens with one attached hydrogen (secondary N) is 1. The number of hydrogen-bond donors (Lipinski definition) is 1. The lowest BCUT2D eigenvalue weighted by Crippen LogP contribution is -1.98. The van der Waals surface area contributed by atoms with Crippen LogP contribution >= 0.6 is 22.9 Å². The zero-order valence-electron chi connectivity index (χ0n) is 8.20. The van der Waals surface area contributed by atoms with Crippen molar-refractivity contribution in [1.82, 2.24) is 9.97 Å². The highest BCUT2D eigenvalue weighted by Gasteiger charge is 1.99. The largest absolute Gasteiger partial charge is 0.378 e. The molecule has 2 aromatic rings. The molecule has 15 heavy (non-hydrogen) atoms. The average molecular weight is 240 g/mol. The molecule has 0 unspecified atom stereocenters. The summed E-state index contributed by atoms with van der Waals surface area (Å²) in [5, 5.41) is 6.84. The molecular formula is C10H10ClN3S. The summed E-state index contributed by atoms with van der Waals surface area (Å²) in [6.07, 6.45) is 1.68. The molecule has 2 heterocycles. The maximum absolute atomic E-state index is 5.77. The van der Waals surface area contributed by atoms with E-state index >= 15 is 0 Å². The van der Waals surface area contributed by atoms with E-state index in [-0.39, 0.29) is 0 Å². The quantitative estimate of drug-likeness (QED) is 0.837. The summed E-state index contributed by atoms with van der Waals surface area (Å²) in [5.74, 6) is 0. The number of hydrogen-bond acceptors (Lipinski definition) is 4. The van der Waals surface area contributed by atoms with Gasteiger partial charge in [-0.25, -0.2) is 9.97 Å². The number of thiazole rings is 1. The molecule has 0 atom stereocenters. The Morgan fingerprint density at radius 1 is 1.53 bits per heavy atom. The lowest BCUT2D eigenvalue weighted by atomic mass is 10.4. The van der Waals surface area contributed by atoms with Crippen LogP contribution < -0.4 is 5.32 Å². The molecule has 0 fully saturated rings. The van der Waals surface area contributed by atoms with E-state index in [1.54, 1.807) is 23.6 Å². The molecule has 78 valence electrons. The molecule has 0 radical (unpaired) electrons. The van der Waals surface area contributed by atoms with Gasteiger partial charge in [0.15, 0.2) is 0 Å². The van der Waals surface area contributed by atoms with Crippen molar-refractivity contribution >= 4 is 28.6 Å². The smallest absolute Gasteiger partial charge is 0.131 e. The first kappa shape index (κ1) is 10.4. The minimum Gasteiger partial charge on any atom is -0.378 e. The highest BCUT2D eigenvalue weighted by molar-refractivity contribution is 7.09. The van der Waals surface area contributed by atoms with Gasteiger partial charge in [0.25, 0.3) is 0 Å². The Morgan fingerprint density at radius 3 is 3.07 bits per heavy atom. The summed E-state index contributed by atoms with van der Waals surface area (Å²) in [4.78, 5) is 8.27. The minimum atomic E-state index is 0.496. The molecule has 0 saturated carbocycles. The Balaban J connectivity index is 1.99. The van der Waals surface area contributed by atoms with E-state index in [2.05, 4.69) is 15.3 Å². The standard InChI is InChI=1S/C10H10ClN3S/c1-7-6-15-10(14-7)5-13-8-2-3-12-9(11)4-8/h2-4,6H,5H2,1H3,(H,12,13). The van der Waals surface area contributed by atoms with Crippen molar-refractivity contribution in [3.8, 4) is 0 Å². The molecule has 1 N–H and O–H groups in total. The topological polar surface area (TPSA) is 37.8 Å². The highest BCUT2D eigenvalue weighted by Crippen LogP contribution is 2.14. The van der Waals surface area contributed by atoms with Crippen LogP contribution in [0.5, 0.6) is 0 Å². The van der Waals surface area contributed by atoms with Crippen molar-refractivity contribution in [2.24, 2.45) is 0 Å². The minimum absolute atomic E-state index is 0.496. The molecular weight excluding hydrogens is 230 g/mol. The van der Waals surface area contributed by atoms with Gasteiger partial charge in [-0.3, -0.25) is 0 Å². The molecule has 0 bridgehead atoms. The van der Waals surface area contributed by atoms with Gasteiger partial charge in [-0.15, -0.1) is 11.3 Å². The van der Waals surface area contributed by atoms with Crippen LogP contribution in [0.15, 0.2) is 23.7 Å². The fraction of sp³-hybridized carbons (Fsp3) is 0.200. The summed E-state index contributed by atoms with van der Waals surface area (Å²) in [7, 11) is 0. The third-order valence-corrected chi connectivity index (χ3v) is 3.01. The normalized spacial score (nSPS) is 10.3. The first-order valence-electron chi connectivity index (χ1n) is 4.50. The van der Waals surface area contributed by atoms with Gasteiger partial charge >= 0.3 is 0 Å². The molecule has 3 nitrogen and oxygen atoms in total. The number of aromatic nitrogens is 2. The molecule has 0 amide bonds. The van der Waals surface area contributed by atoms with E-state index in [1.807, 2.05) is 18.4 Å². The van der Waals surface area contributed by atoms with Crippen molar-refractivity contribution in [3.05, 3.63) is 39.6 Å². The third kappa shape index (κ3) is 2.91. The molecule has 0 aliphatic heterocycles. The Hall–Kier alpha value is -1.13. The second-order valence-electron chi connectivity index (χ2n) is 3.10. The number of pyridine rings is 1. The van der Waals surface area contributed by atoms with Crippen molar-refractivity contribution in [1.29, 1.82) is 0 Å². The highest BCUT2D eigenvalue weighted by atomic mass is 35.5. The maximum atomic E-state index is 5.77.